The lowest BCUT2D eigenvalue weighted by Crippen LogP contribution is -2.45. The minimum absolute atomic E-state index is 0. The van der Waals surface area contributed by atoms with Gasteiger partial charge in [-0.05, 0) is 23.5 Å². The van der Waals surface area contributed by atoms with Gasteiger partial charge in [-0.1, -0.05) is 38.1 Å². The fourth-order valence-electron chi connectivity index (χ4n) is 2.30. The zero-order valence-electron chi connectivity index (χ0n) is 12.0. The molecule has 1 aliphatic rings. The van der Waals surface area contributed by atoms with Crippen LogP contribution in [0.1, 0.15) is 25.0 Å². The van der Waals surface area contributed by atoms with E-state index in [-0.39, 0.29) is 24.0 Å². The van der Waals surface area contributed by atoms with Crippen molar-refractivity contribution < 1.29 is 0 Å². The molecule has 0 saturated carbocycles. The topological polar surface area (TPSA) is 27.6 Å². The molecular formula is C15H24IN3. The Kier molecular flexibility index (Phi) is 6.62. The van der Waals surface area contributed by atoms with E-state index in [1.165, 1.54) is 11.1 Å². The summed E-state index contributed by atoms with van der Waals surface area (Å²) in [6.07, 6.45) is 1.11. The summed E-state index contributed by atoms with van der Waals surface area (Å²) in [4.78, 5) is 6.73. The Morgan fingerprint density at radius 3 is 2.63 bits per heavy atom. The SMILES string of the molecule is CN=C(NCC(C)C)N1CCc2ccccc2C1.I. The standard InChI is InChI=1S/C15H23N3.HI/c1-12(2)10-17-15(16-3)18-9-8-13-6-4-5-7-14(13)11-18;/h4-7,12H,8-11H2,1-3H3,(H,16,17);1H. The van der Waals surface area contributed by atoms with E-state index >= 15 is 0 Å². The van der Waals surface area contributed by atoms with Gasteiger partial charge in [0.05, 0.1) is 0 Å². The van der Waals surface area contributed by atoms with E-state index in [0.717, 1.165) is 32.0 Å². The summed E-state index contributed by atoms with van der Waals surface area (Å²) in [5.41, 5.74) is 2.91. The van der Waals surface area contributed by atoms with Gasteiger partial charge in [0, 0.05) is 26.7 Å². The molecule has 0 saturated heterocycles. The van der Waals surface area contributed by atoms with E-state index < -0.39 is 0 Å². The minimum atomic E-state index is 0. The number of rotatable bonds is 2. The molecule has 1 aromatic carbocycles. The molecule has 0 aromatic heterocycles. The zero-order valence-corrected chi connectivity index (χ0v) is 14.3. The predicted molar refractivity (Wildman–Crippen MR) is 92.2 cm³/mol. The molecule has 0 amide bonds. The van der Waals surface area contributed by atoms with Gasteiger partial charge in [-0.2, -0.15) is 0 Å². The largest absolute Gasteiger partial charge is 0.356 e. The second-order valence-electron chi connectivity index (χ2n) is 5.26. The van der Waals surface area contributed by atoms with E-state index in [0.29, 0.717) is 5.92 Å². The van der Waals surface area contributed by atoms with Crippen LogP contribution in [-0.2, 0) is 13.0 Å². The third kappa shape index (κ3) is 4.37. The van der Waals surface area contributed by atoms with Crippen molar-refractivity contribution in [1.29, 1.82) is 0 Å². The smallest absolute Gasteiger partial charge is 0.193 e. The molecule has 0 unspecified atom stereocenters. The van der Waals surface area contributed by atoms with Gasteiger partial charge in [-0.15, -0.1) is 24.0 Å². The second kappa shape index (κ2) is 7.72. The Labute approximate surface area is 133 Å². The van der Waals surface area contributed by atoms with Gasteiger partial charge >= 0.3 is 0 Å². The molecule has 1 aromatic rings. The van der Waals surface area contributed by atoms with Crippen molar-refractivity contribution >= 4 is 29.9 Å². The first-order valence-corrected chi connectivity index (χ1v) is 6.73. The first-order valence-electron chi connectivity index (χ1n) is 6.73. The van der Waals surface area contributed by atoms with Crippen molar-refractivity contribution in [3.05, 3.63) is 35.4 Å². The van der Waals surface area contributed by atoms with Crippen molar-refractivity contribution in [2.75, 3.05) is 20.1 Å². The predicted octanol–water partition coefficient (Wildman–Crippen LogP) is 2.89. The van der Waals surface area contributed by atoms with E-state index in [1.807, 2.05) is 7.05 Å². The molecule has 106 valence electrons. The summed E-state index contributed by atoms with van der Waals surface area (Å²) in [7, 11) is 1.86. The highest BCUT2D eigenvalue weighted by Crippen LogP contribution is 2.18. The van der Waals surface area contributed by atoms with Crippen LogP contribution in [0.2, 0.25) is 0 Å². The van der Waals surface area contributed by atoms with Gasteiger partial charge in [-0.3, -0.25) is 4.99 Å². The van der Waals surface area contributed by atoms with E-state index in [1.54, 1.807) is 0 Å². The number of nitrogens with one attached hydrogen (secondary N) is 1. The van der Waals surface area contributed by atoms with Gasteiger partial charge in [0.25, 0.3) is 0 Å². The molecule has 0 radical (unpaired) electrons. The van der Waals surface area contributed by atoms with Crippen molar-refractivity contribution in [1.82, 2.24) is 10.2 Å². The molecule has 1 N–H and O–H groups in total. The number of guanidine groups is 1. The van der Waals surface area contributed by atoms with Crippen molar-refractivity contribution in [2.45, 2.75) is 26.8 Å². The third-order valence-corrected chi connectivity index (χ3v) is 3.31. The first-order chi connectivity index (χ1) is 8.70. The summed E-state index contributed by atoms with van der Waals surface area (Å²) in [6, 6.07) is 8.70. The number of nitrogens with zero attached hydrogens (tertiary/aromatic N) is 2. The van der Waals surface area contributed by atoms with E-state index in [2.05, 4.69) is 53.3 Å². The minimum Gasteiger partial charge on any atom is -0.356 e. The van der Waals surface area contributed by atoms with Crippen LogP contribution >= 0.6 is 24.0 Å². The normalized spacial score (nSPS) is 14.9. The van der Waals surface area contributed by atoms with E-state index in [9.17, 15) is 0 Å². The van der Waals surface area contributed by atoms with Crippen LogP contribution in [0.4, 0.5) is 0 Å². The fraction of sp³-hybridized carbons (Fsp3) is 0.533. The fourth-order valence-corrected chi connectivity index (χ4v) is 2.30. The molecule has 0 fully saturated rings. The maximum atomic E-state index is 4.39. The first kappa shape index (κ1) is 16.3. The molecule has 2 rings (SSSR count). The Morgan fingerprint density at radius 2 is 2.00 bits per heavy atom. The molecular weight excluding hydrogens is 349 g/mol. The lowest BCUT2D eigenvalue weighted by atomic mass is 10.0. The highest BCUT2D eigenvalue weighted by Gasteiger charge is 2.18. The van der Waals surface area contributed by atoms with Crippen LogP contribution in [-0.4, -0.2) is 31.0 Å². The number of fused-ring (bicyclic) bond motifs is 1. The molecule has 0 aliphatic carbocycles. The van der Waals surface area contributed by atoms with Gasteiger partial charge < -0.3 is 10.2 Å². The average molecular weight is 373 g/mol. The van der Waals surface area contributed by atoms with Crippen LogP contribution < -0.4 is 5.32 Å². The molecule has 0 spiro atoms. The van der Waals surface area contributed by atoms with Crippen molar-refractivity contribution in [2.24, 2.45) is 10.9 Å². The molecule has 1 aliphatic heterocycles. The number of hydrogen-bond acceptors (Lipinski definition) is 1. The highest BCUT2D eigenvalue weighted by atomic mass is 127. The summed E-state index contributed by atoms with van der Waals surface area (Å²) in [6.45, 7) is 7.42. The molecule has 0 bridgehead atoms. The summed E-state index contributed by atoms with van der Waals surface area (Å²) >= 11 is 0. The maximum absolute atomic E-state index is 4.39. The number of benzene rings is 1. The monoisotopic (exact) mass is 373 g/mol. The molecule has 1 heterocycles. The number of hydrogen-bond donors (Lipinski definition) is 1. The summed E-state index contributed by atoms with van der Waals surface area (Å²) < 4.78 is 0. The van der Waals surface area contributed by atoms with E-state index in [4.69, 9.17) is 0 Å². The van der Waals surface area contributed by atoms with Gasteiger partial charge in [-0.25, -0.2) is 0 Å². The molecule has 19 heavy (non-hydrogen) atoms. The zero-order chi connectivity index (χ0) is 13.0. The van der Waals surface area contributed by atoms with Gasteiger partial charge in [0.15, 0.2) is 5.96 Å². The van der Waals surface area contributed by atoms with Crippen LogP contribution in [0.5, 0.6) is 0 Å². The Morgan fingerprint density at radius 1 is 1.32 bits per heavy atom. The van der Waals surface area contributed by atoms with Gasteiger partial charge in [0.1, 0.15) is 0 Å². The lowest BCUT2D eigenvalue weighted by Gasteiger charge is -2.32. The maximum Gasteiger partial charge on any atom is 0.193 e. The average Bonchev–Trinajstić information content (AvgIpc) is 2.39. The highest BCUT2D eigenvalue weighted by molar-refractivity contribution is 14.0. The quantitative estimate of drug-likeness (QED) is 0.491. The van der Waals surface area contributed by atoms with Crippen molar-refractivity contribution in [3.63, 3.8) is 0 Å². The van der Waals surface area contributed by atoms with Crippen LogP contribution in [0.3, 0.4) is 0 Å². The number of aliphatic imine (C=N–C) groups is 1. The van der Waals surface area contributed by atoms with Crippen LogP contribution in [0.15, 0.2) is 29.3 Å². The summed E-state index contributed by atoms with van der Waals surface area (Å²) in [5, 5.41) is 3.45. The molecule has 4 heteroatoms. The molecule has 0 atom stereocenters. The summed E-state index contributed by atoms with van der Waals surface area (Å²) in [5.74, 6) is 1.66. The van der Waals surface area contributed by atoms with Crippen molar-refractivity contribution in [3.8, 4) is 0 Å². The Bertz CT molecular complexity index is 429. The van der Waals surface area contributed by atoms with Gasteiger partial charge in [0.2, 0.25) is 0 Å². The molecule has 3 nitrogen and oxygen atoms in total. The Balaban J connectivity index is 0.00000180. The number of halogens is 1. The van der Waals surface area contributed by atoms with Crippen LogP contribution in [0.25, 0.3) is 0 Å². The second-order valence-corrected chi connectivity index (χ2v) is 5.26. The Hall–Kier alpha value is -0.780. The van der Waals surface area contributed by atoms with Crippen LogP contribution in [0, 0.1) is 5.92 Å². The lowest BCUT2D eigenvalue weighted by molar-refractivity contribution is 0.376. The third-order valence-electron chi connectivity index (χ3n) is 3.31.